The van der Waals surface area contributed by atoms with E-state index in [4.69, 9.17) is 0 Å². The number of benzene rings is 2. The van der Waals surface area contributed by atoms with Crippen LogP contribution in [0.25, 0.3) is 0 Å². The van der Waals surface area contributed by atoms with Crippen LogP contribution in [0.3, 0.4) is 0 Å². The van der Waals surface area contributed by atoms with E-state index in [1.165, 1.54) is 11.1 Å². The molecule has 0 aliphatic carbocycles. The van der Waals surface area contributed by atoms with Crippen LogP contribution in [0.2, 0.25) is 0 Å². The number of rotatable bonds is 2. The van der Waals surface area contributed by atoms with Crippen molar-refractivity contribution >= 4 is 23.0 Å². The van der Waals surface area contributed by atoms with Gasteiger partial charge in [0.2, 0.25) is 0 Å². The third-order valence-corrected chi connectivity index (χ3v) is 3.82. The predicted octanol–water partition coefficient (Wildman–Crippen LogP) is 3.06. The van der Waals surface area contributed by atoms with Gasteiger partial charge in [0.25, 0.3) is 5.91 Å². The van der Waals surface area contributed by atoms with Gasteiger partial charge in [0.15, 0.2) is 6.10 Å². The molecule has 3 rings (SSSR count). The summed E-state index contributed by atoms with van der Waals surface area (Å²) in [4.78, 5) is 13.6. The highest BCUT2D eigenvalue weighted by Gasteiger charge is 2.28. The normalized spacial score (nSPS) is 16.6. The Labute approximate surface area is 124 Å². The first kappa shape index (κ1) is 13.6. The van der Waals surface area contributed by atoms with Gasteiger partial charge < -0.3 is 15.3 Å². The third kappa shape index (κ3) is 2.38. The molecule has 0 bridgehead atoms. The van der Waals surface area contributed by atoms with E-state index in [0.717, 1.165) is 11.4 Å². The molecule has 2 N–H and O–H groups in total. The van der Waals surface area contributed by atoms with Crippen molar-refractivity contribution in [3.8, 4) is 0 Å². The van der Waals surface area contributed by atoms with E-state index in [1.54, 1.807) is 6.07 Å². The monoisotopic (exact) mass is 282 g/mol. The first-order chi connectivity index (χ1) is 9.95. The van der Waals surface area contributed by atoms with Crippen LogP contribution in [0.1, 0.15) is 22.8 Å². The Kier molecular flexibility index (Phi) is 3.18. The molecule has 21 heavy (non-hydrogen) atoms. The maximum atomic E-state index is 11.5. The largest absolute Gasteiger partial charge is 0.378 e. The number of fused-ring (bicyclic) bond motifs is 1. The Bertz CT molecular complexity index is 704. The summed E-state index contributed by atoms with van der Waals surface area (Å²) in [5.41, 5.74) is 5.80. The van der Waals surface area contributed by atoms with Crippen LogP contribution < -0.4 is 10.2 Å². The number of nitrogens with one attached hydrogen (secondary N) is 1. The number of aliphatic hydroxyl groups is 1. The molecule has 0 spiro atoms. The van der Waals surface area contributed by atoms with E-state index in [9.17, 15) is 9.90 Å². The number of aliphatic hydroxyl groups excluding tert-OH is 1. The van der Waals surface area contributed by atoms with Crippen molar-refractivity contribution in [2.75, 3.05) is 17.3 Å². The van der Waals surface area contributed by atoms with Gasteiger partial charge in [-0.2, -0.15) is 0 Å². The van der Waals surface area contributed by atoms with Crippen LogP contribution in [0, 0.1) is 13.8 Å². The van der Waals surface area contributed by atoms with Gasteiger partial charge in [0, 0.05) is 29.7 Å². The summed E-state index contributed by atoms with van der Waals surface area (Å²) < 4.78 is 0. The maximum Gasteiger partial charge on any atom is 0.257 e. The van der Waals surface area contributed by atoms with E-state index < -0.39 is 6.10 Å². The topological polar surface area (TPSA) is 52.6 Å². The molecule has 0 radical (unpaired) electrons. The molecule has 1 amide bonds. The molecular formula is C17H18N2O2. The second-order valence-electron chi connectivity index (χ2n) is 5.57. The van der Waals surface area contributed by atoms with Crippen molar-refractivity contribution in [2.45, 2.75) is 20.0 Å². The molecule has 1 aliphatic heterocycles. The molecule has 1 heterocycles. The van der Waals surface area contributed by atoms with Gasteiger partial charge in [0.05, 0.1) is 0 Å². The second kappa shape index (κ2) is 4.90. The standard InChI is InChI=1S/C17H18N2O2/c1-10-6-11(2)8-13(7-10)19(3)12-4-5-14-15(9-12)18-17(21)16(14)20/h4-9,16,20H,1-3H3,(H,18,21). The van der Waals surface area contributed by atoms with Crippen LogP contribution in [0.15, 0.2) is 36.4 Å². The van der Waals surface area contributed by atoms with Crippen LogP contribution in [0.4, 0.5) is 17.1 Å². The van der Waals surface area contributed by atoms with Gasteiger partial charge in [-0.3, -0.25) is 4.79 Å². The highest BCUT2D eigenvalue weighted by atomic mass is 16.3. The molecule has 1 atom stereocenters. The zero-order valence-corrected chi connectivity index (χ0v) is 12.3. The van der Waals surface area contributed by atoms with Gasteiger partial charge in [0.1, 0.15) is 0 Å². The fourth-order valence-corrected chi connectivity index (χ4v) is 2.74. The molecule has 4 heteroatoms. The molecule has 0 aromatic heterocycles. The van der Waals surface area contributed by atoms with E-state index >= 15 is 0 Å². The Morgan fingerprint density at radius 3 is 2.38 bits per heavy atom. The number of anilines is 3. The van der Waals surface area contributed by atoms with E-state index in [2.05, 4.69) is 42.3 Å². The molecule has 1 unspecified atom stereocenters. The van der Waals surface area contributed by atoms with Crippen LogP contribution in [-0.4, -0.2) is 18.1 Å². The van der Waals surface area contributed by atoms with Crippen molar-refractivity contribution < 1.29 is 9.90 Å². The lowest BCUT2D eigenvalue weighted by atomic mass is 10.1. The van der Waals surface area contributed by atoms with E-state index in [1.807, 2.05) is 19.2 Å². The second-order valence-corrected chi connectivity index (χ2v) is 5.57. The molecule has 4 nitrogen and oxygen atoms in total. The van der Waals surface area contributed by atoms with Crippen molar-refractivity contribution in [3.05, 3.63) is 53.1 Å². The Morgan fingerprint density at radius 1 is 1.05 bits per heavy atom. The predicted molar refractivity (Wildman–Crippen MR) is 84.0 cm³/mol. The zero-order chi connectivity index (χ0) is 15.1. The van der Waals surface area contributed by atoms with Crippen molar-refractivity contribution in [2.24, 2.45) is 0 Å². The molecule has 0 saturated heterocycles. The molecule has 2 aromatic carbocycles. The van der Waals surface area contributed by atoms with Crippen LogP contribution >= 0.6 is 0 Å². The minimum atomic E-state index is -1.06. The SMILES string of the molecule is Cc1cc(C)cc(N(C)c2ccc3c(c2)NC(=O)C3O)c1. The molecule has 0 fully saturated rings. The lowest BCUT2D eigenvalue weighted by Gasteiger charge is -2.21. The van der Waals surface area contributed by atoms with Gasteiger partial charge in [-0.1, -0.05) is 12.1 Å². The highest BCUT2D eigenvalue weighted by molar-refractivity contribution is 6.02. The quantitative estimate of drug-likeness (QED) is 0.890. The summed E-state index contributed by atoms with van der Waals surface area (Å²) in [7, 11) is 1.99. The molecule has 1 aliphatic rings. The smallest absolute Gasteiger partial charge is 0.257 e. The fraction of sp³-hybridized carbons (Fsp3) is 0.235. The summed E-state index contributed by atoms with van der Waals surface area (Å²) in [5, 5.41) is 12.4. The first-order valence-corrected chi connectivity index (χ1v) is 6.90. The summed E-state index contributed by atoms with van der Waals surface area (Å²) in [6.07, 6.45) is -1.06. The summed E-state index contributed by atoms with van der Waals surface area (Å²) in [6, 6.07) is 12.0. The van der Waals surface area contributed by atoms with Crippen molar-refractivity contribution in [3.63, 3.8) is 0 Å². The maximum absolute atomic E-state index is 11.5. The Morgan fingerprint density at radius 2 is 1.71 bits per heavy atom. The van der Waals surface area contributed by atoms with Gasteiger partial charge in [-0.15, -0.1) is 0 Å². The van der Waals surface area contributed by atoms with Gasteiger partial charge in [-0.25, -0.2) is 0 Å². The van der Waals surface area contributed by atoms with E-state index in [-0.39, 0.29) is 5.91 Å². The number of nitrogens with zero attached hydrogens (tertiary/aromatic N) is 1. The number of aryl methyl sites for hydroxylation is 2. The molecule has 2 aromatic rings. The minimum Gasteiger partial charge on any atom is -0.378 e. The summed E-state index contributed by atoms with van der Waals surface area (Å²) >= 11 is 0. The summed E-state index contributed by atoms with van der Waals surface area (Å²) in [6.45, 7) is 4.15. The first-order valence-electron chi connectivity index (χ1n) is 6.90. The minimum absolute atomic E-state index is 0.365. The Hall–Kier alpha value is -2.33. The van der Waals surface area contributed by atoms with Gasteiger partial charge >= 0.3 is 0 Å². The number of amides is 1. The van der Waals surface area contributed by atoms with Crippen molar-refractivity contribution in [1.82, 2.24) is 0 Å². The fourth-order valence-electron chi connectivity index (χ4n) is 2.74. The Balaban J connectivity index is 1.98. The number of hydrogen-bond donors (Lipinski definition) is 2. The lowest BCUT2D eigenvalue weighted by Crippen LogP contribution is -2.10. The molecular weight excluding hydrogens is 264 g/mol. The third-order valence-electron chi connectivity index (χ3n) is 3.82. The summed E-state index contributed by atoms with van der Waals surface area (Å²) in [5.74, 6) is -0.365. The number of carbonyl (C=O) groups excluding carboxylic acids is 1. The van der Waals surface area contributed by atoms with Crippen LogP contribution in [0.5, 0.6) is 0 Å². The van der Waals surface area contributed by atoms with Crippen LogP contribution in [-0.2, 0) is 4.79 Å². The average Bonchev–Trinajstić information content (AvgIpc) is 2.71. The molecule has 108 valence electrons. The zero-order valence-electron chi connectivity index (χ0n) is 12.3. The molecule has 0 saturated carbocycles. The van der Waals surface area contributed by atoms with Crippen molar-refractivity contribution in [1.29, 1.82) is 0 Å². The lowest BCUT2D eigenvalue weighted by molar-refractivity contribution is -0.123. The average molecular weight is 282 g/mol. The van der Waals surface area contributed by atoms with E-state index in [0.29, 0.717) is 11.3 Å². The van der Waals surface area contributed by atoms with Gasteiger partial charge in [-0.05, 0) is 49.2 Å². The highest BCUT2D eigenvalue weighted by Crippen LogP contribution is 2.35. The number of hydrogen-bond acceptors (Lipinski definition) is 3. The number of carbonyl (C=O) groups is 1.